The molecule has 1 aromatic carbocycles. The molecule has 2 N–H and O–H groups in total. The lowest BCUT2D eigenvalue weighted by Crippen LogP contribution is -2.31. The molecule has 0 amide bonds. The van der Waals surface area contributed by atoms with Crippen LogP contribution in [0.3, 0.4) is 0 Å². The van der Waals surface area contributed by atoms with E-state index in [1.54, 1.807) is 12.1 Å². The fourth-order valence-electron chi connectivity index (χ4n) is 0.912. The number of hydrogen-bond donors (Lipinski definition) is 2. The predicted molar refractivity (Wildman–Crippen MR) is 51.2 cm³/mol. The van der Waals surface area contributed by atoms with E-state index in [9.17, 15) is 12.9 Å². The van der Waals surface area contributed by atoms with E-state index in [0.717, 1.165) is 11.1 Å². The first-order valence-corrected chi connectivity index (χ1v) is 5.44. The van der Waals surface area contributed by atoms with Crippen LogP contribution in [0.2, 0.25) is 0 Å². The van der Waals surface area contributed by atoms with Gasteiger partial charge in [0.2, 0.25) is 0 Å². The van der Waals surface area contributed by atoms with Crippen molar-refractivity contribution < 1.29 is 12.9 Å². The maximum Gasteiger partial charge on any atom is 0.303 e. The zero-order chi connectivity index (χ0) is 10.6. The van der Waals surface area contributed by atoms with E-state index in [1.165, 1.54) is 0 Å². The molecule has 0 saturated heterocycles. The molecule has 0 heterocycles. The van der Waals surface area contributed by atoms with Crippen LogP contribution >= 0.6 is 0 Å². The molecule has 0 aliphatic carbocycles. The molecule has 0 bridgehead atoms. The van der Waals surface area contributed by atoms with Crippen molar-refractivity contribution in [1.82, 2.24) is 9.67 Å². The number of benzene rings is 1. The SMILES string of the molecule is Cc1ccc(CNS(=O)(=O)NF)cc1. The maximum atomic E-state index is 11.6. The summed E-state index contributed by atoms with van der Waals surface area (Å²) in [6.45, 7) is 2.00. The Kier molecular flexibility index (Phi) is 3.56. The second-order valence-corrected chi connectivity index (χ2v) is 4.34. The molecule has 0 aliphatic rings. The highest BCUT2D eigenvalue weighted by molar-refractivity contribution is 7.87. The van der Waals surface area contributed by atoms with Crippen molar-refractivity contribution in [3.8, 4) is 0 Å². The van der Waals surface area contributed by atoms with E-state index in [2.05, 4.69) is 0 Å². The predicted octanol–water partition coefficient (Wildman–Crippen LogP) is 0.804. The van der Waals surface area contributed by atoms with Crippen LogP contribution < -0.4 is 9.67 Å². The summed E-state index contributed by atoms with van der Waals surface area (Å²) >= 11 is 0. The van der Waals surface area contributed by atoms with E-state index >= 15 is 0 Å². The second-order valence-electron chi connectivity index (χ2n) is 2.89. The monoisotopic (exact) mass is 218 g/mol. The number of halogens is 1. The smallest absolute Gasteiger partial charge is 0.196 e. The van der Waals surface area contributed by atoms with E-state index in [1.807, 2.05) is 23.8 Å². The Labute approximate surface area is 82.3 Å². The normalized spacial score (nSPS) is 11.6. The van der Waals surface area contributed by atoms with Gasteiger partial charge >= 0.3 is 10.2 Å². The second kappa shape index (κ2) is 4.50. The van der Waals surface area contributed by atoms with E-state index in [4.69, 9.17) is 0 Å². The number of nitrogens with one attached hydrogen (secondary N) is 2. The molecular weight excluding hydrogens is 207 g/mol. The van der Waals surface area contributed by atoms with Gasteiger partial charge < -0.3 is 0 Å². The van der Waals surface area contributed by atoms with E-state index in [0.29, 0.717) is 4.94 Å². The minimum absolute atomic E-state index is 0.0690. The molecule has 0 spiro atoms. The van der Waals surface area contributed by atoms with Crippen LogP contribution in [-0.4, -0.2) is 8.42 Å². The Bertz CT molecular complexity index is 388. The summed E-state index contributed by atoms with van der Waals surface area (Å²) in [7, 11) is -3.99. The van der Waals surface area contributed by atoms with Crippen LogP contribution in [0.15, 0.2) is 24.3 Å². The van der Waals surface area contributed by atoms with Gasteiger partial charge in [0.15, 0.2) is 0 Å². The fraction of sp³-hybridized carbons (Fsp3) is 0.250. The third-order valence-corrected chi connectivity index (χ3v) is 2.42. The van der Waals surface area contributed by atoms with Crippen LogP contribution in [-0.2, 0) is 16.8 Å². The van der Waals surface area contributed by atoms with Crippen molar-refractivity contribution in [2.24, 2.45) is 0 Å². The van der Waals surface area contributed by atoms with Crippen molar-refractivity contribution in [2.75, 3.05) is 0 Å². The average Bonchev–Trinajstić information content (AvgIpc) is 2.17. The van der Waals surface area contributed by atoms with Gasteiger partial charge in [-0.05, 0) is 17.4 Å². The number of hydrogen-bond acceptors (Lipinski definition) is 2. The third-order valence-electron chi connectivity index (χ3n) is 1.69. The lowest BCUT2D eigenvalue weighted by molar-refractivity contribution is 0.419. The summed E-state index contributed by atoms with van der Waals surface area (Å²) in [4.78, 5) is 0.684. The molecule has 1 rings (SSSR count). The molecule has 1 aromatic rings. The molecule has 6 heteroatoms. The Morgan fingerprint density at radius 1 is 1.29 bits per heavy atom. The van der Waals surface area contributed by atoms with Crippen LogP contribution in [0, 0.1) is 6.92 Å². The van der Waals surface area contributed by atoms with Gasteiger partial charge in [0.25, 0.3) is 0 Å². The number of aryl methyl sites for hydroxylation is 1. The number of rotatable bonds is 4. The van der Waals surface area contributed by atoms with Gasteiger partial charge in [-0.15, -0.1) is 4.48 Å². The van der Waals surface area contributed by atoms with E-state index < -0.39 is 10.2 Å². The van der Waals surface area contributed by atoms with Crippen molar-refractivity contribution >= 4 is 10.2 Å². The molecule has 0 aliphatic heterocycles. The standard InChI is InChI=1S/C8H11FN2O2S/c1-7-2-4-8(5-3-7)6-10-14(12,13)11-9/h2-5,10-11H,6H2,1H3. The first-order valence-electron chi connectivity index (χ1n) is 3.96. The van der Waals surface area contributed by atoms with Crippen molar-refractivity contribution in [1.29, 1.82) is 0 Å². The summed E-state index contributed by atoms with van der Waals surface area (Å²) in [5, 5.41) is 0. The summed E-state index contributed by atoms with van der Waals surface area (Å²) in [5.74, 6) is 0. The minimum Gasteiger partial charge on any atom is -0.196 e. The molecule has 78 valence electrons. The molecule has 14 heavy (non-hydrogen) atoms. The highest BCUT2D eigenvalue weighted by Crippen LogP contribution is 2.02. The largest absolute Gasteiger partial charge is 0.303 e. The minimum atomic E-state index is -3.99. The van der Waals surface area contributed by atoms with E-state index in [-0.39, 0.29) is 6.54 Å². The zero-order valence-electron chi connectivity index (χ0n) is 7.62. The topological polar surface area (TPSA) is 58.2 Å². The molecule has 0 aromatic heterocycles. The zero-order valence-corrected chi connectivity index (χ0v) is 8.44. The Balaban J connectivity index is 2.59. The lowest BCUT2D eigenvalue weighted by atomic mass is 10.2. The lowest BCUT2D eigenvalue weighted by Gasteiger charge is -2.03. The van der Waals surface area contributed by atoms with Crippen molar-refractivity contribution in [3.05, 3.63) is 35.4 Å². The van der Waals surface area contributed by atoms with Crippen LogP contribution in [0.4, 0.5) is 4.48 Å². The average molecular weight is 218 g/mol. The summed E-state index contributed by atoms with van der Waals surface area (Å²) in [6, 6.07) is 7.26. The van der Waals surface area contributed by atoms with Gasteiger partial charge in [-0.2, -0.15) is 13.1 Å². The van der Waals surface area contributed by atoms with Gasteiger partial charge in [-0.25, -0.2) is 0 Å². The maximum absolute atomic E-state index is 11.6. The fourth-order valence-corrected chi connectivity index (χ4v) is 1.32. The van der Waals surface area contributed by atoms with Gasteiger partial charge in [0.05, 0.1) is 0 Å². The molecule has 0 unspecified atom stereocenters. The first-order chi connectivity index (χ1) is 6.53. The molecule has 0 atom stereocenters. The van der Waals surface area contributed by atoms with Crippen LogP contribution in [0.5, 0.6) is 0 Å². The highest BCUT2D eigenvalue weighted by atomic mass is 32.2. The summed E-state index contributed by atoms with van der Waals surface area (Å²) < 4.78 is 35.0. The first kappa shape index (κ1) is 11.1. The van der Waals surface area contributed by atoms with Crippen molar-refractivity contribution in [2.45, 2.75) is 13.5 Å². The van der Waals surface area contributed by atoms with Gasteiger partial charge in [0.1, 0.15) is 0 Å². The molecule has 0 saturated carbocycles. The Morgan fingerprint density at radius 3 is 2.36 bits per heavy atom. The van der Waals surface area contributed by atoms with Crippen molar-refractivity contribution in [3.63, 3.8) is 0 Å². The molecule has 0 radical (unpaired) electrons. The Hall–Kier alpha value is -0.980. The quantitative estimate of drug-likeness (QED) is 0.734. The highest BCUT2D eigenvalue weighted by Gasteiger charge is 2.06. The van der Waals surface area contributed by atoms with Gasteiger partial charge in [-0.3, -0.25) is 0 Å². The van der Waals surface area contributed by atoms with Gasteiger partial charge in [-0.1, -0.05) is 29.8 Å². The summed E-state index contributed by atoms with van der Waals surface area (Å²) in [5.41, 5.74) is 1.86. The molecular formula is C8H11FN2O2S. The summed E-state index contributed by atoms with van der Waals surface area (Å²) in [6.07, 6.45) is 0. The third kappa shape index (κ3) is 3.41. The molecule has 0 fully saturated rings. The Morgan fingerprint density at radius 2 is 1.86 bits per heavy atom. The molecule has 4 nitrogen and oxygen atoms in total. The van der Waals surface area contributed by atoms with Gasteiger partial charge in [0, 0.05) is 6.54 Å². The van der Waals surface area contributed by atoms with Crippen LogP contribution in [0.25, 0.3) is 0 Å². The van der Waals surface area contributed by atoms with Crippen LogP contribution in [0.1, 0.15) is 11.1 Å².